The van der Waals surface area contributed by atoms with Crippen molar-refractivity contribution in [1.29, 1.82) is 0 Å². The Morgan fingerprint density at radius 2 is 1.42 bits per heavy atom. The molecule has 5 fully saturated rings. The largest absolute Gasteiger partial charge is 0.460 e. The van der Waals surface area contributed by atoms with Gasteiger partial charge < -0.3 is 72.6 Å². The Bertz CT molecular complexity index is 3410. The zero-order valence-electron chi connectivity index (χ0n) is 64.6. The summed E-state index contributed by atoms with van der Waals surface area (Å²) in [5.41, 5.74) is 3.58. The number of esters is 1. The highest BCUT2D eigenvalue weighted by molar-refractivity contribution is 6.39. The predicted octanol–water partition coefficient (Wildman–Crippen LogP) is 7.49. The zero-order chi connectivity index (χ0) is 76.4. The number of methoxy groups -OCH3 is 4. The summed E-state index contributed by atoms with van der Waals surface area (Å²) in [6.45, 7) is 22.5. The molecular weight excluding hydrogens is 1360 g/mol. The number of aliphatic hydroxyl groups is 2. The predicted molar refractivity (Wildman–Crippen MR) is 396 cm³/mol. The lowest BCUT2D eigenvalue weighted by atomic mass is 9.78. The van der Waals surface area contributed by atoms with Crippen molar-refractivity contribution in [2.24, 2.45) is 35.5 Å². The molecule has 27 heteroatoms. The van der Waals surface area contributed by atoms with Gasteiger partial charge in [0.1, 0.15) is 30.5 Å². The van der Waals surface area contributed by atoms with Crippen LogP contribution in [0.3, 0.4) is 0 Å². The number of allylic oxidation sites excluding steroid dienone is 5. The number of fused-ring (bicyclic) bond motifs is 4. The second-order valence-electron chi connectivity index (χ2n) is 30.6. The number of cyclic esters (lactones) is 1. The third-order valence-electron chi connectivity index (χ3n) is 23.0. The summed E-state index contributed by atoms with van der Waals surface area (Å²) in [6.07, 6.45) is 16.5. The lowest BCUT2D eigenvalue weighted by Gasteiger charge is -2.43. The Hall–Kier alpha value is -6.95. The van der Waals surface area contributed by atoms with Crippen molar-refractivity contribution in [1.82, 2.24) is 39.5 Å². The van der Waals surface area contributed by atoms with Crippen molar-refractivity contribution < 1.29 is 81.7 Å². The van der Waals surface area contributed by atoms with Crippen molar-refractivity contribution in [2.45, 2.75) is 212 Å². The van der Waals surface area contributed by atoms with Crippen molar-refractivity contribution in [2.75, 3.05) is 123 Å². The molecule has 0 spiro atoms. The number of anilines is 2. The Morgan fingerprint density at radius 1 is 0.717 bits per heavy atom. The zero-order valence-corrected chi connectivity index (χ0v) is 64.6. The molecule has 9 rings (SSSR count). The molecule has 0 radical (unpaired) electrons. The summed E-state index contributed by atoms with van der Waals surface area (Å²) in [5.74, 6) is -6.11. The van der Waals surface area contributed by atoms with Gasteiger partial charge in [-0.2, -0.15) is 0 Å². The lowest BCUT2D eigenvalue weighted by molar-refractivity contribution is -0.265. The van der Waals surface area contributed by atoms with E-state index in [0.29, 0.717) is 146 Å². The fourth-order valence-electron chi connectivity index (χ4n) is 16.1. The number of ether oxygens (including phenoxy) is 8. The molecule has 2 aromatic heterocycles. The number of ketones is 3. The quantitative estimate of drug-likeness (QED) is 0.0509. The molecule has 16 atom stereocenters. The molecule has 2 aromatic rings. The van der Waals surface area contributed by atoms with Crippen LogP contribution in [-0.2, 0) is 74.8 Å². The van der Waals surface area contributed by atoms with E-state index >= 15 is 0 Å². The fraction of sp³-hybridized carbons (Fsp3) is 0.709. The van der Waals surface area contributed by atoms with E-state index in [4.69, 9.17) is 47.9 Å². The van der Waals surface area contributed by atoms with E-state index in [1.807, 2.05) is 76.0 Å². The number of amides is 3. The summed E-state index contributed by atoms with van der Waals surface area (Å²) in [6, 6.07) is -1.14. The molecule has 0 unspecified atom stereocenters. The highest BCUT2D eigenvalue weighted by Crippen LogP contribution is 2.39. The van der Waals surface area contributed by atoms with E-state index in [1.54, 1.807) is 58.7 Å². The Labute approximate surface area is 626 Å². The van der Waals surface area contributed by atoms with Gasteiger partial charge in [-0.3, -0.25) is 28.9 Å². The Kier molecular flexibility index (Phi) is 30.9. The summed E-state index contributed by atoms with van der Waals surface area (Å²) in [4.78, 5) is 127. The highest BCUT2D eigenvalue weighted by Gasteiger charge is 2.53. The van der Waals surface area contributed by atoms with E-state index in [-0.39, 0.29) is 67.1 Å². The third kappa shape index (κ3) is 21.7. The highest BCUT2D eigenvalue weighted by atomic mass is 16.6. The molecule has 2 N–H and O–H groups in total. The van der Waals surface area contributed by atoms with Gasteiger partial charge >= 0.3 is 12.1 Å². The molecule has 0 aromatic carbocycles. The molecule has 106 heavy (non-hydrogen) atoms. The normalized spacial score (nSPS) is 32.5. The number of aromatic nitrogens is 4. The van der Waals surface area contributed by atoms with E-state index in [9.17, 15) is 43.8 Å². The number of rotatable bonds is 17. The first kappa shape index (κ1) is 83.1. The number of piperazine rings is 2. The molecule has 2 bridgehead atoms. The SMILES string of the molecule is CO[C@H]1C[C@@H]2CC[C@@H](C)[C@@](O)(O2)C(=O)C(=O)N2CCCC[C@H]2C(=O)O[C@H]([C@H](C)C[C@@H]2CC[C@@H](OC(=O)N3CCc4nc(N5CCN(C(=O)CCOCCN6CCN(c7ncc(C(C)=O)cn7)CC6)CC5)ncc4C3)[C@H](OC)C2)C[C@@H](OC)[C@H](C)/C=C(\C)[C@@H](O)[C@@H](OC)C(=O)[C@H](C)C[C@H](C)/C=C/C=C/C=C/1C. The number of hydrogen-bond donors (Lipinski definition) is 2. The minimum Gasteiger partial charge on any atom is -0.460 e. The van der Waals surface area contributed by atoms with Gasteiger partial charge in [-0.1, -0.05) is 71.1 Å². The minimum atomic E-state index is -2.45. The van der Waals surface area contributed by atoms with Gasteiger partial charge in [0.15, 0.2) is 11.6 Å². The van der Waals surface area contributed by atoms with Crippen LogP contribution in [0, 0.1) is 35.5 Å². The van der Waals surface area contributed by atoms with Gasteiger partial charge in [0, 0.05) is 162 Å². The maximum absolute atomic E-state index is 15.0. The van der Waals surface area contributed by atoms with Crippen molar-refractivity contribution in [3.05, 3.63) is 83.0 Å². The smallest absolute Gasteiger partial charge is 0.410 e. The first-order chi connectivity index (χ1) is 50.8. The summed E-state index contributed by atoms with van der Waals surface area (Å²) < 4.78 is 49.1. The third-order valence-corrected chi connectivity index (χ3v) is 23.0. The average molecular weight is 1480 g/mol. The topological polar surface area (TPSA) is 305 Å². The van der Waals surface area contributed by atoms with Crippen LogP contribution in [0.4, 0.5) is 16.7 Å². The number of carbonyl (C=O) groups excluding carboxylic acids is 7. The first-order valence-electron chi connectivity index (χ1n) is 38.5. The molecule has 1 aliphatic carbocycles. The van der Waals surface area contributed by atoms with E-state index in [1.165, 1.54) is 18.9 Å². The number of Topliss-reactive ketones (excluding diaryl/α,β-unsaturated/α-hetero) is 3. The molecule has 27 nitrogen and oxygen atoms in total. The van der Waals surface area contributed by atoms with Gasteiger partial charge in [0.05, 0.1) is 61.9 Å². The summed E-state index contributed by atoms with van der Waals surface area (Å²) in [7, 11) is 6.19. The molecule has 586 valence electrons. The van der Waals surface area contributed by atoms with Crippen molar-refractivity contribution in [3.8, 4) is 0 Å². The van der Waals surface area contributed by atoms with Gasteiger partial charge in [0.25, 0.3) is 11.7 Å². The monoisotopic (exact) mass is 1480 g/mol. The van der Waals surface area contributed by atoms with E-state index in [2.05, 4.69) is 24.7 Å². The summed E-state index contributed by atoms with van der Waals surface area (Å²) >= 11 is 0. The van der Waals surface area contributed by atoms with E-state index in [0.717, 1.165) is 49.6 Å². The number of carbonyl (C=O) groups is 7. The van der Waals surface area contributed by atoms with Crippen LogP contribution >= 0.6 is 0 Å². The van der Waals surface area contributed by atoms with E-state index < -0.39 is 96.2 Å². The first-order valence-corrected chi connectivity index (χ1v) is 38.5. The molecule has 3 amide bonds. The molecule has 6 aliphatic heterocycles. The summed E-state index contributed by atoms with van der Waals surface area (Å²) in [5, 5.41) is 24.0. The lowest BCUT2D eigenvalue weighted by Crippen LogP contribution is -2.61. The van der Waals surface area contributed by atoms with Gasteiger partial charge in [0.2, 0.25) is 23.6 Å². The fourth-order valence-corrected chi connectivity index (χ4v) is 16.1. The van der Waals surface area contributed by atoms with Crippen LogP contribution in [0.2, 0.25) is 0 Å². The van der Waals surface area contributed by atoms with Crippen LogP contribution in [-0.4, -0.2) is 265 Å². The number of piperidine rings is 1. The second-order valence-corrected chi connectivity index (χ2v) is 30.6. The van der Waals surface area contributed by atoms with Gasteiger partial charge in [-0.15, -0.1) is 0 Å². The van der Waals surface area contributed by atoms with Crippen LogP contribution in [0.25, 0.3) is 0 Å². The molecular formula is C79H118N10O17. The molecule has 8 heterocycles. The van der Waals surface area contributed by atoms with Gasteiger partial charge in [-0.25, -0.2) is 29.5 Å². The number of nitrogens with zero attached hydrogens (tertiary/aromatic N) is 10. The van der Waals surface area contributed by atoms with Crippen LogP contribution < -0.4 is 9.80 Å². The minimum absolute atomic E-state index is 0.0112. The Balaban J connectivity index is 0.798. The second kappa shape index (κ2) is 39.4. The maximum atomic E-state index is 15.0. The number of aliphatic hydroxyl groups excluding tert-OH is 1. The van der Waals surface area contributed by atoms with Crippen molar-refractivity contribution >= 4 is 53.1 Å². The van der Waals surface area contributed by atoms with Crippen LogP contribution in [0.15, 0.2) is 66.2 Å². The van der Waals surface area contributed by atoms with Crippen LogP contribution in [0.5, 0.6) is 0 Å². The Morgan fingerprint density at radius 3 is 2.12 bits per heavy atom. The standard InChI is InChI=1S/C79H118N10O17/c1-50-18-14-13-15-19-51(2)65(99-9)44-61-23-21-56(7)79(98,106-61)73(94)74(95)89-27-17-16-20-63(89)75(96)104-67(45-66(100-10)52(3)41-55(6)71(93)72(102-12)70(92)54(5)40-50)53(4)42-58-22-24-64(68(43-58)101-11)105-78(97)88-28-25-62-60(49-88)48-82-77(83-62)87-35-33-85(34-36-87)69(91)26-38-103-39-37-84-29-31-86(32-30-84)76-80-46-59(47-81-76)57(8)90/h13-15,18-19,41,46-48,50,52-54,56,58,61,63-68,71-72,93,98H,16-17,20-40,42-45,49H2,1-12H3/b15-13+,18-14+,51-19+,55-41+/t50-,52-,53-,54-,56-,58+,61+,63+,64-,65+,66-,67+,68-,71-,72+,79-/m1/s1. The molecule has 1 saturated carbocycles. The van der Waals surface area contributed by atoms with Crippen LogP contribution in [0.1, 0.15) is 160 Å². The number of hydrogen-bond acceptors (Lipinski definition) is 24. The molecule has 4 saturated heterocycles. The average Bonchev–Trinajstić information content (AvgIpc) is 0.775. The van der Waals surface area contributed by atoms with Gasteiger partial charge in [-0.05, 0) is 114 Å². The van der Waals surface area contributed by atoms with Crippen molar-refractivity contribution in [3.63, 3.8) is 0 Å². The molecule has 7 aliphatic rings. The maximum Gasteiger partial charge on any atom is 0.410 e.